The minimum Gasteiger partial charge on any atom is -0.383 e. The molecule has 26 heavy (non-hydrogen) atoms. The summed E-state index contributed by atoms with van der Waals surface area (Å²) >= 11 is 5.78. The van der Waals surface area contributed by atoms with Gasteiger partial charge in [0.05, 0.1) is 24.7 Å². The molecule has 1 aromatic rings. The van der Waals surface area contributed by atoms with Gasteiger partial charge in [-0.15, -0.1) is 0 Å². The number of amides is 2. The lowest BCUT2D eigenvalue weighted by Crippen LogP contribution is -2.47. The third kappa shape index (κ3) is 5.15. The van der Waals surface area contributed by atoms with Crippen LogP contribution in [0.25, 0.3) is 0 Å². The summed E-state index contributed by atoms with van der Waals surface area (Å²) in [6, 6.07) is 5.75. The van der Waals surface area contributed by atoms with E-state index in [1.54, 1.807) is 0 Å². The largest absolute Gasteiger partial charge is 0.383 e. The lowest BCUT2D eigenvalue weighted by atomic mass is 10.4. The van der Waals surface area contributed by atoms with Crippen LogP contribution in [0.4, 0.5) is 0 Å². The maximum absolute atomic E-state index is 12.7. The van der Waals surface area contributed by atoms with E-state index in [2.05, 4.69) is 10.6 Å². The predicted molar refractivity (Wildman–Crippen MR) is 93.0 cm³/mol. The highest BCUT2D eigenvalue weighted by Crippen LogP contribution is 2.23. The summed E-state index contributed by atoms with van der Waals surface area (Å²) in [7, 11) is -2.34. The van der Waals surface area contributed by atoms with Crippen LogP contribution in [-0.2, 0) is 29.1 Å². The van der Waals surface area contributed by atoms with E-state index in [9.17, 15) is 18.0 Å². The molecular weight excluding hydrogens is 386 g/mol. The van der Waals surface area contributed by atoms with Crippen LogP contribution in [0.15, 0.2) is 29.2 Å². The Morgan fingerprint density at radius 1 is 1.27 bits per heavy atom. The average molecular weight is 406 g/mol. The van der Waals surface area contributed by atoms with Gasteiger partial charge in [0.1, 0.15) is 6.23 Å². The predicted octanol–water partition coefficient (Wildman–Crippen LogP) is -0.434. The molecule has 1 atom stereocenters. The second-order valence-electron chi connectivity index (χ2n) is 5.35. The number of halogens is 1. The standard InChI is InChI=1S/C15H20ClN3O6S/c1-24-8-6-17-14(20)15(21)18-10-13-19(7-9-25-13)26(22,23)12-4-2-11(16)3-5-12/h2-5,13H,6-10H2,1H3,(H,17,20)(H,18,21)/t13-/m0/s1. The number of nitrogens with one attached hydrogen (secondary N) is 2. The van der Waals surface area contributed by atoms with Gasteiger partial charge in [-0.1, -0.05) is 11.6 Å². The molecule has 0 aromatic heterocycles. The summed E-state index contributed by atoms with van der Waals surface area (Å²) in [6.07, 6.45) is -0.897. The lowest BCUT2D eigenvalue weighted by molar-refractivity contribution is -0.139. The Kier molecular flexibility index (Phi) is 7.35. The number of rotatable bonds is 7. The second-order valence-corrected chi connectivity index (χ2v) is 7.68. The molecule has 1 aromatic carbocycles. The van der Waals surface area contributed by atoms with Crippen molar-refractivity contribution in [2.24, 2.45) is 0 Å². The molecule has 1 heterocycles. The summed E-state index contributed by atoms with van der Waals surface area (Å²) in [5, 5.41) is 5.16. The fourth-order valence-corrected chi connectivity index (χ4v) is 3.93. The topological polar surface area (TPSA) is 114 Å². The van der Waals surface area contributed by atoms with Crippen LogP contribution in [0.3, 0.4) is 0 Å². The number of sulfonamides is 1. The molecule has 144 valence electrons. The average Bonchev–Trinajstić information content (AvgIpc) is 3.09. The van der Waals surface area contributed by atoms with E-state index in [1.807, 2.05) is 0 Å². The number of methoxy groups -OCH3 is 1. The number of carbonyl (C=O) groups excluding carboxylic acids is 2. The van der Waals surface area contributed by atoms with Gasteiger partial charge < -0.3 is 20.1 Å². The minimum absolute atomic E-state index is 0.0704. The zero-order chi connectivity index (χ0) is 19.2. The number of carbonyl (C=O) groups is 2. The Morgan fingerprint density at radius 3 is 2.58 bits per heavy atom. The molecular formula is C15H20ClN3O6S. The van der Waals surface area contributed by atoms with Crippen molar-refractivity contribution in [1.29, 1.82) is 0 Å². The van der Waals surface area contributed by atoms with Crippen molar-refractivity contribution in [1.82, 2.24) is 14.9 Å². The summed E-state index contributed by atoms with van der Waals surface area (Å²) < 4.78 is 36.7. The van der Waals surface area contributed by atoms with Crippen molar-refractivity contribution in [3.8, 4) is 0 Å². The fourth-order valence-electron chi connectivity index (χ4n) is 2.29. The summed E-state index contributed by atoms with van der Waals surface area (Å²) in [5.41, 5.74) is 0. The highest BCUT2D eigenvalue weighted by molar-refractivity contribution is 7.89. The number of benzene rings is 1. The number of nitrogens with zero attached hydrogens (tertiary/aromatic N) is 1. The van der Waals surface area contributed by atoms with Crippen LogP contribution >= 0.6 is 11.6 Å². The molecule has 0 bridgehead atoms. The molecule has 0 spiro atoms. The molecule has 0 saturated carbocycles. The molecule has 11 heteroatoms. The molecule has 1 aliphatic rings. The van der Waals surface area contributed by atoms with Crippen molar-refractivity contribution in [3.63, 3.8) is 0 Å². The van der Waals surface area contributed by atoms with Gasteiger partial charge in [0.2, 0.25) is 10.0 Å². The Labute approximate surface area is 156 Å². The first kappa shape index (κ1) is 20.6. The summed E-state index contributed by atoms with van der Waals surface area (Å²) in [5.74, 6) is -1.70. The van der Waals surface area contributed by atoms with Crippen LogP contribution in [0.1, 0.15) is 0 Å². The van der Waals surface area contributed by atoms with E-state index in [0.29, 0.717) is 5.02 Å². The van der Waals surface area contributed by atoms with Gasteiger partial charge in [-0.25, -0.2) is 8.42 Å². The third-order valence-electron chi connectivity index (χ3n) is 3.60. The van der Waals surface area contributed by atoms with Gasteiger partial charge in [0.25, 0.3) is 0 Å². The summed E-state index contributed by atoms with van der Waals surface area (Å²) in [4.78, 5) is 23.4. The maximum Gasteiger partial charge on any atom is 0.309 e. The molecule has 2 amide bonds. The smallest absolute Gasteiger partial charge is 0.309 e. The zero-order valence-electron chi connectivity index (χ0n) is 14.1. The van der Waals surface area contributed by atoms with Crippen LogP contribution in [0.2, 0.25) is 5.02 Å². The number of ether oxygens (including phenoxy) is 2. The van der Waals surface area contributed by atoms with Crippen LogP contribution in [-0.4, -0.2) is 70.7 Å². The fraction of sp³-hybridized carbons (Fsp3) is 0.467. The summed E-state index contributed by atoms with van der Waals surface area (Å²) in [6.45, 7) is 0.653. The van der Waals surface area contributed by atoms with Gasteiger partial charge in [-0.3, -0.25) is 9.59 Å². The van der Waals surface area contributed by atoms with E-state index >= 15 is 0 Å². The first-order valence-corrected chi connectivity index (χ1v) is 9.62. The molecule has 1 aliphatic heterocycles. The van der Waals surface area contributed by atoms with Crippen molar-refractivity contribution in [3.05, 3.63) is 29.3 Å². The van der Waals surface area contributed by atoms with Crippen molar-refractivity contribution in [2.75, 3.05) is 40.0 Å². The van der Waals surface area contributed by atoms with E-state index in [-0.39, 0.29) is 37.7 Å². The Morgan fingerprint density at radius 2 is 1.92 bits per heavy atom. The van der Waals surface area contributed by atoms with Crippen molar-refractivity contribution >= 4 is 33.4 Å². The minimum atomic E-state index is -3.81. The molecule has 1 fully saturated rings. The Balaban J connectivity index is 1.96. The first-order valence-electron chi connectivity index (χ1n) is 7.80. The number of hydrogen-bond acceptors (Lipinski definition) is 6. The normalized spacial score (nSPS) is 17.8. The van der Waals surface area contributed by atoms with Crippen LogP contribution in [0.5, 0.6) is 0 Å². The van der Waals surface area contributed by atoms with Gasteiger partial charge in [0.15, 0.2) is 0 Å². The van der Waals surface area contributed by atoms with Gasteiger partial charge in [0, 0.05) is 25.2 Å². The molecule has 1 saturated heterocycles. The Hall–Kier alpha value is -1.72. The molecule has 2 N–H and O–H groups in total. The highest BCUT2D eigenvalue weighted by atomic mass is 35.5. The van der Waals surface area contributed by atoms with Gasteiger partial charge in [-0.05, 0) is 24.3 Å². The SMILES string of the molecule is COCCNC(=O)C(=O)NC[C@@H]1OCCN1S(=O)(=O)c1ccc(Cl)cc1. The first-order chi connectivity index (χ1) is 12.4. The van der Waals surface area contributed by atoms with Crippen LogP contribution in [0, 0.1) is 0 Å². The zero-order valence-corrected chi connectivity index (χ0v) is 15.7. The van der Waals surface area contributed by atoms with Gasteiger partial charge >= 0.3 is 11.8 Å². The highest BCUT2D eigenvalue weighted by Gasteiger charge is 2.36. The molecule has 0 aliphatic carbocycles. The van der Waals surface area contributed by atoms with E-state index in [1.165, 1.54) is 31.4 Å². The van der Waals surface area contributed by atoms with E-state index in [0.717, 1.165) is 4.31 Å². The van der Waals surface area contributed by atoms with E-state index in [4.69, 9.17) is 21.1 Å². The lowest BCUT2D eigenvalue weighted by Gasteiger charge is -2.22. The molecule has 0 radical (unpaired) electrons. The van der Waals surface area contributed by atoms with E-state index < -0.39 is 28.1 Å². The van der Waals surface area contributed by atoms with Crippen LogP contribution < -0.4 is 10.6 Å². The van der Waals surface area contributed by atoms with Gasteiger partial charge in [-0.2, -0.15) is 4.31 Å². The maximum atomic E-state index is 12.7. The third-order valence-corrected chi connectivity index (χ3v) is 5.75. The molecule has 0 unspecified atom stereocenters. The monoisotopic (exact) mass is 405 g/mol. The van der Waals surface area contributed by atoms with Crippen molar-refractivity contribution < 1.29 is 27.5 Å². The molecule has 2 rings (SSSR count). The quantitative estimate of drug-likeness (QED) is 0.470. The number of hydrogen-bond donors (Lipinski definition) is 2. The Bertz CT molecular complexity index is 740. The molecule has 9 nitrogen and oxygen atoms in total. The van der Waals surface area contributed by atoms with Crippen molar-refractivity contribution in [2.45, 2.75) is 11.1 Å². The second kappa shape index (κ2) is 9.28.